The number of primary amides is 1. The van der Waals surface area contributed by atoms with Gasteiger partial charge in [-0.15, -0.1) is 0 Å². The van der Waals surface area contributed by atoms with Crippen LogP contribution >= 0.6 is 0 Å². The topological polar surface area (TPSA) is 88.3 Å². The molecule has 1 aromatic rings. The lowest BCUT2D eigenvalue weighted by molar-refractivity contribution is -0.119. The fourth-order valence-electron chi connectivity index (χ4n) is 2.55. The predicted octanol–water partition coefficient (Wildman–Crippen LogP) is 0.0175. The average Bonchev–Trinajstić information content (AvgIpc) is 2.75. The number of aryl methyl sites for hydroxylation is 1. The van der Waals surface area contributed by atoms with Crippen molar-refractivity contribution in [3.05, 3.63) is 29.6 Å². The molecule has 0 aliphatic carbocycles. The van der Waals surface area contributed by atoms with Gasteiger partial charge in [-0.1, -0.05) is 6.07 Å². The van der Waals surface area contributed by atoms with Crippen molar-refractivity contribution in [1.82, 2.24) is 15.2 Å². The molecule has 114 valence electrons. The summed E-state index contributed by atoms with van der Waals surface area (Å²) in [7, 11) is 0. The molecule has 3 N–H and O–H groups in total. The number of carbonyl (C=O) groups excluding carboxylic acids is 2. The predicted molar refractivity (Wildman–Crippen MR) is 75.4 cm³/mol. The van der Waals surface area contributed by atoms with E-state index in [1.54, 1.807) is 30.2 Å². The Balaban J connectivity index is 1.94. The SMILES string of the molecule is Cc1cccnc1C(=O)NC[C@@H]1C[C@H](F)CN1CC(N)=O. The number of pyridine rings is 1. The van der Waals surface area contributed by atoms with Crippen LogP contribution in [0.1, 0.15) is 22.5 Å². The second-order valence-electron chi connectivity index (χ2n) is 5.26. The van der Waals surface area contributed by atoms with Gasteiger partial charge in [-0.3, -0.25) is 19.5 Å². The fourth-order valence-corrected chi connectivity index (χ4v) is 2.55. The highest BCUT2D eigenvalue weighted by molar-refractivity contribution is 5.93. The fraction of sp³-hybridized carbons (Fsp3) is 0.500. The number of nitrogens with zero attached hydrogens (tertiary/aromatic N) is 2. The molecule has 21 heavy (non-hydrogen) atoms. The van der Waals surface area contributed by atoms with Crippen LogP contribution in [0.5, 0.6) is 0 Å². The molecule has 1 aromatic heterocycles. The second kappa shape index (κ2) is 6.62. The van der Waals surface area contributed by atoms with Crippen molar-refractivity contribution >= 4 is 11.8 Å². The monoisotopic (exact) mass is 294 g/mol. The molecule has 2 amide bonds. The van der Waals surface area contributed by atoms with Crippen molar-refractivity contribution in [3.8, 4) is 0 Å². The molecule has 0 saturated carbocycles. The molecule has 1 aliphatic rings. The molecule has 0 aromatic carbocycles. The number of nitrogens with two attached hydrogens (primary N) is 1. The first-order valence-electron chi connectivity index (χ1n) is 6.83. The molecule has 2 atom stereocenters. The summed E-state index contributed by atoms with van der Waals surface area (Å²) < 4.78 is 13.5. The second-order valence-corrected chi connectivity index (χ2v) is 5.26. The van der Waals surface area contributed by atoms with Gasteiger partial charge in [-0.05, 0) is 25.0 Å². The molecule has 2 heterocycles. The molecule has 1 saturated heterocycles. The number of aromatic nitrogens is 1. The Morgan fingerprint density at radius 1 is 1.57 bits per heavy atom. The number of carbonyl (C=O) groups is 2. The van der Waals surface area contributed by atoms with Gasteiger partial charge in [0.2, 0.25) is 5.91 Å². The standard InChI is InChI=1S/C14H19FN4O2/c1-9-3-2-4-17-13(9)14(21)18-6-11-5-10(15)7-19(11)8-12(16)20/h2-4,10-11H,5-8H2,1H3,(H2,16,20)(H,18,21)/t10-,11-/m0/s1. The van der Waals surface area contributed by atoms with Crippen molar-refractivity contribution in [2.75, 3.05) is 19.6 Å². The number of hydrogen-bond acceptors (Lipinski definition) is 4. The van der Waals surface area contributed by atoms with Crippen LogP contribution in [0.2, 0.25) is 0 Å². The number of amides is 2. The Morgan fingerprint density at radius 2 is 2.33 bits per heavy atom. The zero-order valence-corrected chi connectivity index (χ0v) is 11.9. The summed E-state index contributed by atoms with van der Waals surface area (Å²) in [6.07, 6.45) is 0.839. The van der Waals surface area contributed by atoms with Gasteiger partial charge in [-0.25, -0.2) is 4.39 Å². The molecule has 1 fully saturated rings. The van der Waals surface area contributed by atoms with Crippen molar-refractivity contribution in [1.29, 1.82) is 0 Å². The number of alkyl halides is 1. The lowest BCUT2D eigenvalue weighted by Crippen LogP contribution is -2.43. The van der Waals surface area contributed by atoms with Crippen LogP contribution in [0, 0.1) is 6.92 Å². The van der Waals surface area contributed by atoms with E-state index in [0.29, 0.717) is 5.69 Å². The van der Waals surface area contributed by atoms with Gasteiger partial charge < -0.3 is 11.1 Å². The minimum atomic E-state index is -0.997. The van der Waals surface area contributed by atoms with Gasteiger partial charge in [0.15, 0.2) is 0 Å². The van der Waals surface area contributed by atoms with E-state index in [1.807, 2.05) is 0 Å². The quantitative estimate of drug-likeness (QED) is 0.801. The number of likely N-dealkylation sites (tertiary alicyclic amines) is 1. The van der Waals surface area contributed by atoms with Gasteiger partial charge in [-0.2, -0.15) is 0 Å². The smallest absolute Gasteiger partial charge is 0.270 e. The largest absolute Gasteiger partial charge is 0.369 e. The van der Waals surface area contributed by atoms with E-state index in [0.717, 1.165) is 5.56 Å². The van der Waals surface area contributed by atoms with Crippen molar-refractivity contribution in [2.24, 2.45) is 5.73 Å². The molecule has 6 nitrogen and oxygen atoms in total. The van der Waals surface area contributed by atoms with Crippen LogP contribution in [-0.4, -0.2) is 53.5 Å². The Hall–Kier alpha value is -2.02. The highest BCUT2D eigenvalue weighted by atomic mass is 19.1. The highest BCUT2D eigenvalue weighted by Crippen LogP contribution is 2.19. The number of nitrogens with one attached hydrogen (secondary N) is 1. The maximum atomic E-state index is 13.5. The van der Waals surface area contributed by atoms with E-state index < -0.39 is 12.1 Å². The zero-order valence-electron chi connectivity index (χ0n) is 11.9. The van der Waals surface area contributed by atoms with Crippen LogP contribution in [0.15, 0.2) is 18.3 Å². The molecule has 2 rings (SSSR count). The third-order valence-corrected chi connectivity index (χ3v) is 3.56. The van der Waals surface area contributed by atoms with Crippen LogP contribution in [0.3, 0.4) is 0 Å². The third-order valence-electron chi connectivity index (χ3n) is 3.56. The molecule has 1 aliphatic heterocycles. The Kier molecular flexibility index (Phi) is 4.85. The normalized spacial score (nSPS) is 22.2. The van der Waals surface area contributed by atoms with Crippen molar-refractivity contribution in [2.45, 2.75) is 25.6 Å². The molecule has 0 spiro atoms. The van der Waals surface area contributed by atoms with Crippen LogP contribution in [0.4, 0.5) is 4.39 Å². The van der Waals surface area contributed by atoms with Gasteiger partial charge in [0.05, 0.1) is 6.54 Å². The Bertz CT molecular complexity index is 537. The number of halogens is 1. The third kappa shape index (κ3) is 3.98. The van der Waals surface area contributed by atoms with Crippen LogP contribution in [0.25, 0.3) is 0 Å². The van der Waals surface area contributed by atoms with Crippen molar-refractivity contribution in [3.63, 3.8) is 0 Å². The zero-order chi connectivity index (χ0) is 15.4. The highest BCUT2D eigenvalue weighted by Gasteiger charge is 2.33. The van der Waals surface area contributed by atoms with Crippen molar-refractivity contribution < 1.29 is 14.0 Å². The lowest BCUT2D eigenvalue weighted by Gasteiger charge is -2.22. The van der Waals surface area contributed by atoms with E-state index in [-0.39, 0.29) is 38.0 Å². The van der Waals surface area contributed by atoms with Gasteiger partial charge >= 0.3 is 0 Å². The Morgan fingerprint density at radius 3 is 3.00 bits per heavy atom. The first kappa shape index (κ1) is 15.4. The summed E-state index contributed by atoms with van der Waals surface area (Å²) >= 11 is 0. The van der Waals surface area contributed by atoms with E-state index in [9.17, 15) is 14.0 Å². The first-order chi connectivity index (χ1) is 9.97. The summed E-state index contributed by atoms with van der Waals surface area (Å²) in [5.74, 6) is -0.796. The van der Waals surface area contributed by atoms with E-state index in [1.165, 1.54) is 0 Å². The van der Waals surface area contributed by atoms with E-state index in [2.05, 4.69) is 10.3 Å². The minimum Gasteiger partial charge on any atom is -0.369 e. The van der Waals surface area contributed by atoms with E-state index >= 15 is 0 Å². The van der Waals surface area contributed by atoms with Gasteiger partial charge in [0.25, 0.3) is 5.91 Å². The van der Waals surface area contributed by atoms with Crippen LogP contribution < -0.4 is 11.1 Å². The summed E-state index contributed by atoms with van der Waals surface area (Å²) in [5, 5.41) is 2.74. The minimum absolute atomic E-state index is 0.00354. The maximum absolute atomic E-state index is 13.5. The van der Waals surface area contributed by atoms with Gasteiger partial charge in [0.1, 0.15) is 11.9 Å². The van der Waals surface area contributed by atoms with E-state index in [4.69, 9.17) is 5.73 Å². The van der Waals surface area contributed by atoms with Crippen LogP contribution in [-0.2, 0) is 4.79 Å². The first-order valence-corrected chi connectivity index (χ1v) is 6.83. The molecule has 0 unspecified atom stereocenters. The summed E-state index contributed by atoms with van der Waals surface area (Å²) in [6.45, 7) is 2.24. The molecular weight excluding hydrogens is 275 g/mol. The molecule has 0 radical (unpaired) electrons. The summed E-state index contributed by atoms with van der Waals surface area (Å²) in [6, 6.07) is 3.33. The Labute approximate surface area is 122 Å². The summed E-state index contributed by atoms with van der Waals surface area (Å²) in [5.41, 5.74) is 6.28. The average molecular weight is 294 g/mol. The number of rotatable bonds is 5. The molecule has 7 heteroatoms. The number of hydrogen-bond donors (Lipinski definition) is 2. The summed E-state index contributed by atoms with van der Waals surface area (Å²) in [4.78, 5) is 28.7. The molecule has 0 bridgehead atoms. The maximum Gasteiger partial charge on any atom is 0.270 e. The molecular formula is C14H19FN4O2. The lowest BCUT2D eigenvalue weighted by atomic mass is 10.2. The van der Waals surface area contributed by atoms with Gasteiger partial charge in [0, 0.05) is 25.3 Å².